The van der Waals surface area contributed by atoms with E-state index >= 15 is 0 Å². The first-order valence-electron chi connectivity index (χ1n) is 6.91. The molecule has 2 heteroatoms. The summed E-state index contributed by atoms with van der Waals surface area (Å²) >= 11 is 3.44. The van der Waals surface area contributed by atoms with Gasteiger partial charge in [-0.3, -0.25) is 4.79 Å². The third kappa shape index (κ3) is 2.91. The van der Waals surface area contributed by atoms with E-state index in [0.717, 1.165) is 26.5 Å². The minimum absolute atomic E-state index is 0.158. The van der Waals surface area contributed by atoms with E-state index < -0.39 is 0 Å². The number of hydrogen-bond acceptors (Lipinski definition) is 1. The van der Waals surface area contributed by atoms with Crippen LogP contribution in [0.5, 0.6) is 0 Å². The van der Waals surface area contributed by atoms with Crippen molar-refractivity contribution >= 4 is 32.5 Å². The highest BCUT2D eigenvalue weighted by atomic mass is 79.9. The molecule has 0 atom stereocenters. The van der Waals surface area contributed by atoms with Crippen LogP contribution < -0.4 is 0 Å². The number of benzene rings is 3. The second kappa shape index (κ2) is 5.82. The van der Waals surface area contributed by atoms with Gasteiger partial charge in [0.1, 0.15) is 0 Å². The molecule has 0 spiro atoms. The van der Waals surface area contributed by atoms with Crippen molar-refractivity contribution in [2.75, 3.05) is 0 Å². The Bertz CT molecular complexity index is 815. The summed E-state index contributed by atoms with van der Waals surface area (Å²) in [5.74, 6) is 0.158. The standard InChI is InChI=1S/C19H15BrO/c1-13-9-10-16(20)12-18(13)19(21)11-15-7-4-6-14-5-2-3-8-17(14)15/h2-10,12H,11H2,1H3. The first-order valence-corrected chi connectivity index (χ1v) is 7.70. The average molecular weight is 339 g/mol. The highest BCUT2D eigenvalue weighted by molar-refractivity contribution is 9.10. The molecule has 3 aromatic carbocycles. The van der Waals surface area contributed by atoms with E-state index in [1.54, 1.807) is 0 Å². The van der Waals surface area contributed by atoms with Crippen molar-refractivity contribution in [3.8, 4) is 0 Å². The van der Waals surface area contributed by atoms with Crippen LogP contribution in [0.3, 0.4) is 0 Å². The summed E-state index contributed by atoms with van der Waals surface area (Å²) in [6, 6.07) is 20.2. The van der Waals surface area contributed by atoms with Crippen molar-refractivity contribution in [2.24, 2.45) is 0 Å². The van der Waals surface area contributed by atoms with Gasteiger partial charge in [0.15, 0.2) is 5.78 Å². The summed E-state index contributed by atoms with van der Waals surface area (Å²) < 4.78 is 0.939. The van der Waals surface area contributed by atoms with Crippen LogP contribution in [0.4, 0.5) is 0 Å². The normalized spacial score (nSPS) is 10.8. The van der Waals surface area contributed by atoms with Crippen LogP contribution in [0.15, 0.2) is 65.1 Å². The van der Waals surface area contributed by atoms with Crippen LogP contribution in [-0.4, -0.2) is 5.78 Å². The Hall–Kier alpha value is -1.93. The molecule has 0 fully saturated rings. The zero-order valence-electron chi connectivity index (χ0n) is 11.8. The van der Waals surface area contributed by atoms with E-state index in [1.165, 1.54) is 5.39 Å². The summed E-state index contributed by atoms with van der Waals surface area (Å²) in [5, 5.41) is 2.33. The predicted molar refractivity (Wildman–Crippen MR) is 90.9 cm³/mol. The van der Waals surface area contributed by atoms with E-state index in [0.29, 0.717) is 6.42 Å². The minimum atomic E-state index is 0.158. The van der Waals surface area contributed by atoms with Crippen LogP contribution in [-0.2, 0) is 6.42 Å². The first-order chi connectivity index (χ1) is 10.1. The molecule has 0 heterocycles. The Morgan fingerprint density at radius 2 is 1.76 bits per heavy atom. The number of ketones is 1. The molecule has 0 aliphatic carbocycles. The zero-order chi connectivity index (χ0) is 14.8. The molecule has 0 saturated heterocycles. The van der Waals surface area contributed by atoms with Crippen LogP contribution in [0.1, 0.15) is 21.5 Å². The fourth-order valence-electron chi connectivity index (χ4n) is 2.61. The monoisotopic (exact) mass is 338 g/mol. The summed E-state index contributed by atoms with van der Waals surface area (Å²) in [5.41, 5.74) is 2.89. The number of carbonyl (C=O) groups excluding carboxylic acids is 1. The fourth-order valence-corrected chi connectivity index (χ4v) is 2.97. The highest BCUT2D eigenvalue weighted by Gasteiger charge is 2.12. The Kier molecular flexibility index (Phi) is 3.89. The van der Waals surface area contributed by atoms with Crippen molar-refractivity contribution in [1.29, 1.82) is 0 Å². The lowest BCUT2D eigenvalue weighted by atomic mass is 9.96. The summed E-state index contributed by atoms with van der Waals surface area (Å²) in [7, 11) is 0. The molecular weight excluding hydrogens is 324 g/mol. The number of fused-ring (bicyclic) bond motifs is 1. The quantitative estimate of drug-likeness (QED) is 0.589. The van der Waals surface area contributed by atoms with Crippen LogP contribution in [0.25, 0.3) is 10.8 Å². The van der Waals surface area contributed by atoms with Gasteiger partial charge < -0.3 is 0 Å². The Balaban J connectivity index is 1.99. The molecule has 0 unspecified atom stereocenters. The van der Waals surface area contributed by atoms with Crippen LogP contribution >= 0.6 is 15.9 Å². The molecule has 0 radical (unpaired) electrons. The lowest BCUT2D eigenvalue weighted by Crippen LogP contribution is -2.06. The van der Waals surface area contributed by atoms with Crippen molar-refractivity contribution in [3.05, 3.63) is 81.8 Å². The van der Waals surface area contributed by atoms with E-state index in [2.05, 4.69) is 34.1 Å². The third-order valence-electron chi connectivity index (χ3n) is 3.73. The van der Waals surface area contributed by atoms with Gasteiger partial charge in [0, 0.05) is 16.5 Å². The van der Waals surface area contributed by atoms with E-state index in [4.69, 9.17) is 0 Å². The summed E-state index contributed by atoms with van der Waals surface area (Å²) in [6.07, 6.45) is 0.429. The van der Waals surface area contributed by atoms with Crippen molar-refractivity contribution in [2.45, 2.75) is 13.3 Å². The molecule has 0 bridgehead atoms. The van der Waals surface area contributed by atoms with Crippen molar-refractivity contribution in [1.82, 2.24) is 0 Å². The number of rotatable bonds is 3. The molecule has 0 aliphatic heterocycles. The van der Waals surface area contributed by atoms with Gasteiger partial charge in [-0.05, 0) is 41.0 Å². The van der Waals surface area contributed by atoms with Gasteiger partial charge in [-0.15, -0.1) is 0 Å². The molecule has 0 N–H and O–H groups in total. The smallest absolute Gasteiger partial charge is 0.167 e. The van der Waals surface area contributed by atoms with Crippen molar-refractivity contribution in [3.63, 3.8) is 0 Å². The van der Waals surface area contributed by atoms with Crippen LogP contribution in [0.2, 0.25) is 0 Å². The molecule has 0 aromatic heterocycles. The minimum Gasteiger partial charge on any atom is -0.294 e. The van der Waals surface area contributed by atoms with E-state index in [1.807, 2.05) is 49.4 Å². The second-order valence-corrected chi connectivity index (χ2v) is 6.11. The van der Waals surface area contributed by atoms with Gasteiger partial charge in [0.25, 0.3) is 0 Å². The molecule has 3 aromatic rings. The maximum Gasteiger partial charge on any atom is 0.167 e. The summed E-state index contributed by atoms with van der Waals surface area (Å²) in [4.78, 5) is 12.6. The fraction of sp³-hybridized carbons (Fsp3) is 0.105. The highest BCUT2D eigenvalue weighted by Crippen LogP contribution is 2.22. The largest absolute Gasteiger partial charge is 0.294 e. The van der Waals surface area contributed by atoms with E-state index in [-0.39, 0.29) is 5.78 Å². The van der Waals surface area contributed by atoms with Gasteiger partial charge in [-0.25, -0.2) is 0 Å². The SMILES string of the molecule is Cc1ccc(Br)cc1C(=O)Cc1cccc2ccccc12. The van der Waals surface area contributed by atoms with Crippen molar-refractivity contribution < 1.29 is 4.79 Å². The Morgan fingerprint density at radius 1 is 1.00 bits per heavy atom. The summed E-state index contributed by atoms with van der Waals surface area (Å²) in [6.45, 7) is 1.97. The number of halogens is 1. The van der Waals surface area contributed by atoms with E-state index in [9.17, 15) is 4.79 Å². The molecule has 21 heavy (non-hydrogen) atoms. The maximum atomic E-state index is 12.6. The number of aryl methyl sites for hydroxylation is 1. The Labute approximate surface area is 132 Å². The maximum absolute atomic E-state index is 12.6. The predicted octanol–water partition coefficient (Wildman–Crippen LogP) is 5.34. The van der Waals surface area contributed by atoms with Gasteiger partial charge in [-0.1, -0.05) is 64.5 Å². The molecule has 3 rings (SSSR count). The lowest BCUT2D eigenvalue weighted by molar-refractivity contribution is 0.0992. The average Bonchev–Trinajstić information content (AvgIpc) is 2.50. The molecule has 0 aliphatic rings. The number of Topliss-reactive ketones (excluding diaryl/α,β-unsaturated/α-hetero) is 1. The topological polar surface area (TPSA) is 17.1 Å². The zero-order valence-corrected chi connectivity index (χ0v) is 13.4. The number of hydrogen-bond donors (Lipinski definition) is 0. The second-order valence-electron chi connectivity index (χ2n) is 5.20. The van der Waals surface area contributed by atoms with Gasteiger partial charge in [-0.2, -0.15) is 0 Å². The molecule has 104 valence electrons. The molecule has 1 nitrogen and oxygen atoms in total. The van der Waals surface area contributed by atoms with Gasteiger partial charge in [0.2, 0.25) is 0 Å². The third-order valence-corrected chi connectivity index (χ3v) is 4.22. The van der Waals surface area contributed by atoms with Gasteiger partial charge in [0.05, 0.1) is 0 Å². The first kappa shape index (κ1) is 14.0. The lowest BCUT2D eigenvalue weighted by Gasteiger charge is -2.08. The molecule has 0 saturated carbocycles. The number of carbonyl (C=O) groups is 1. The van der Waals surface area contributed by atoms with Crippen LogP contribution in [0, 0.1) is 6.92 Å². The molecule has 0 amide bonds. The molecular formula is C19H15BrO. The Morgan fingerprint density at radius 3 is 2.62 bits per heavy atom. The van der Waals surface area contributed by atoms with Gasteiger partial charge >= 0.3 is 0 Å².